The quantitative estimate of drug-likeness (QED) is 0.914. The molecule has 1 N–H and O–H groups in total. The average molecular weight is 272 g/mol. The molecule has 2 aliphatic carbocycles. The maximum Gasteiger partial charge on any atom is 0.137 e. The Bertz CT molecular complexity index is 523. The lowest BCUT2D eigenvalue weighted by atomic mass is 10.1. The number of nitrogens with one attached hydrogen (secondary N) is 1. The monoisotopic (exact) mass is 272 g/mol. The van der Waals surface area contributed by atoms with Crippen molar-refractivity contribution in [1.29, 1.82) is 0 Å². The number of nitrogens with zero attached hydrogens (tertiary/aromatic N) is 3. The van der Waals surface area contributed by atoms with Crippen molar-refractivity contribution in [3.8, 4) is 0 Å². The van der Waals surface area contributed by atoms with Crippen LogP contribution in [0.15, 0.2) is 0 Å². The Morgan fingerprint density at radius 2 is 2.05 bits per heavy atom. The molecule has 108 valence electrons. The molecule has 1 aliphatic heterocycles. The van der Waals surface area contributed by atoms with Gasteiger partial charge in [-0.2, -0.15) is 0 Å². The van der Waals surface area contributed by atoms with Gasteiger partial charge >= 0.3 is 0 Å². The Morgan fingerprint density at radius 1 is 1.20 bits per heavy atom. The minimum absolute atomic E-state index is 0.617. The van der Waals surface area contributed by atoms with Gasteiger partial charge in [0, 0.05) is 30.6 Å². The highest BCUT2D eigenvalue weighted by Gasteiger charge is 2.40. The number of aromatic nitrogens is 2. The van der Waals surface area contributed by atoms with E-state index in [4.69, 9.17) is 9.97 Å². The summed E-state index contributed by atoms with van der Waals surface area (Å²) in [4.78, 5) is 12.3. The first kappa shape index (κ1) is 12.4. The number of hydrogen-bond acceptors (Lipinski definition) is 4. The lowest BCUT2D eigenvalue weighted by molar-refractivity contribution is 0.548. The molecular weight excluding hydrogens is 248 g/mol. The molecule has 3 aliphatic rings. The van der Waals surface area contributed by atoms with Crippen molar-refractivity contribution < 1.29 is 0 Å². The average Bonchev–Trinajstić information content (AvgIpc) is 3.09. The van der Waals surface area contributed by atoms with Gasteiger partial charge in [0.1, 0.15) is 17.5 Å². The fourth-order valence-electron chi connectivity index (χ4n) is 3.85. The molecule has 1 saturated heterocycles. The van der Waals surface area contributed by atoms with E-state index in [1.165, 1.54) is 50.0 Å². The van der Waals surface area contributed by atoms with Gasteiger partial charge in [0.25, 0.3) is 0 Å². The van der Waals surface area contributed by atoms with Gasteiger partial charge in [-0.15, -0.1) is 0 Å². The van der Waals surface area contributed by atoms with Gasteiger partial charge in [-0.1, -0.05) is 0 Å². The molecule has 4 nitrogen and oxygen atoms in total. The van der Waals surface area contributed by atoms with Crippen LogP contribution < -0.4 is 10.2 Å². The Hall–Kier alpha value is -1.32. The number of hydrogen-bond donors (Lipinski definition) is 1. The first-order valence-corrected chi connectivity index (χ1v) is 8.15. The molecule has 3 fully saturated rings. The molecule has 0 amide bonds. The summed E-state index contributed by atoms with van der Waals surface area (Å²) in [5, 5.41) is 3.43. The van der Waals surface area contributed by atoms with Crippen molar-refractivity contribution in [1.82, 2.24) is 9.97 Å². The largest absolute Gasteiger partial charge is 0.370 e. The van der Waals surface area contributed by atoms with Gasteiger partial charge in [0.05, 0.1) is 0 Å². The second kappa shape index (κ2) is 4.61. The van der Waals surface area contributed by atoms with Crippen LogP contribution in [0.3, 0.4) is 0 Å². The number of piperidine rings is 1. The van der Waals surface area contributed by atoms with Gasteiger partial charge in [0.2, 0.25) is 0 Å². The SMILES string of the molecule is CCNc1nc(C2CC2)nc(N2CC3CCC2C3)c1C. The van der Waals surface area contributed by atoms with Gasteiger partial charge in [-0.05, 0) is 51.9 Å². The highest BCUT2D eigenvalue weighted by Crippen LogP contribution is 2.44. The molecule has 2 heterocycles. The summed E-state index contributed by atoms with van der Waals surface area (Å²) in [7, 11) is 0. The van der Waals surface area contributed by atoms with Gasteiger partial charge in [-0.3, -0.25) is 0 Å². The number of rotatable bonds is 4. The highest BCUT2D eigenvalue weighted by molar-refractivity contribution is 5.60. The topological polar surface area (TPSA) is 41.1 Å². The second-order valence-corrected chi connectivity index (χ2v) is 6.67. The van der Waals surface area contributed by atoms with Crippen LogP contribution in [0.25, 0.3) is 0 Å². The Labute approximate surface area is 121 Å². The summed E-state index contributed by atoms with van der Waals surface area (Å²) in [6.45, 7) is 6.44. The standard InChI is InChI=1S/C16H24N4/c1-3-17-14-10(2)16(19-15(18-14)12-5-6-12)20-9-11-4-7-13(20)8-11/h11-13H,3-9H2,1-2H3,(H,17,18,19). The molecular formula is C16H24N4. The summed E-state index contributed by atoms with van der Waals surface area (Å²) in [6.07, 6.45) is 6.67. The van der Waals surface area contributed by atoms with Crippen molar-refractivity contribution in [2.45, 2.75) is 57.9 Å². The maximum absolute atomic E-state index is 4.95. The van der Waals surface area contributed by atoms with E-state index in [1.807, 2.05) is 0 Å². The van der Waals surface area contributed by atoms with Crippen LogP contribution in [0, 0.1) is 12.8 Å². The summed E-state index contributed by atoms with van der Waals surface area (Å²) >= 11 is 0. The van der Waals surface area contributed by atoms with Crippen molar-refractivity contribution in [3.05, 3.63) is 11.4 Å². The fourth-order valence-corrected chi connectivity index (χ4v) is 3.85. The maximum atomic E-state index is 4.95. The third-order valence-corrected chi connectivity index (χ3v) is 5.11. The van der Waals surface area contributed by atoms with Crippen LogP contribution in [0.1, 0.15) is 56.3 Å². The van der Waals surface area contributed by atoms with Crippen LogP contribution in [-0.4, -0.2) is 29.1 Å². The highest BCUT2D eigenvalue weighted by atomic mass is 15.3. The molecule has 2 unspecified atom stereocenters. The van der Waals surface area contributed by atoms with E-state index in [1.54, 1.807) is 0 Å². The van der Waals surface area contributed by atoms with E-state index in [0.29, 0.717) is 5.92 Å². The predicted molar refractivity (Wildman–Crippen MR) is 81.4 cm³/mol. The van der Waals surface area contributed by atoms with E-state index >= 15 is 0 Å². The second-order valence-electron chi connectivity index (χ2n) is 6.67. The molecule has 2 bridgehead atoms. The van der Waals surface area contributed by atoms with E-state index in [0.717, 1.165) is 30.1 Å². The molecule has 1 aromatic rings. The lowest BCUT2D eigenvalue weighted by Crippen LogP contribution is -2.33. The summed E-state index contributed by atoms with van der Waals surface area (Å²) in [5.41, 5.74) is 1.24. The van der Waals surface area contributed by atoms with Gasteiger partial charge < -0.3 is 10.2 Å². The molecule has 20 heavy (non-hydrogen) atoms. The zero-order valence-corrected chi connectivity index (χ0v) is 12.5. The van der Waals surface area contributed by atoms with Gasteiger partial charge in [0.15, 0.2) is 0 Å². The first-order chi connectivity index (χ1) is 9.76. The third-order valence-electron chi connectivity index (χ3n) is 5.11. The van der Waals surface area contributed by atoms with Crippen molar-refractivity contribution >= 4 is 11.6 Å². The van der Waals surface area contributed by atoms with Crippen LogP contribution in [0.2, 0.25) is 0 Å². The fraction of sp³-hybridized carbons (Fsp3) is 0.750. The lowest BCUT2D eigenvalue weighted by Gasteiger charge is -2.30. The number of fused-ring (bicyclic) bond motifs is 2. The Morgan fingerprint density at radius 3 is 2.65 bits per heavy atom. The van der Waals surface area contributed by atoms with Crippen molar-refractivity contribution in [2.75, 3.05) is 23.3 Å². The van der Waals surface area contributed by atoms with Crippen LogP contribution >= 0.6 is 0 Å². The van der Waals surface area contributed by atoms with Crippen molar-refractivity contribution in [2.24, 2.45) is 5.92 Å². The summed E-state index contributed by atoms with van der Waals surface area (Å²) in [5.74, 6) is 4.87. The number of anilines is 2. The molecule has 0 radical (unpaired) electrons. The van der Waals surface area contributed by atoms with Crippen LogP contribution in [0.5, 0.6) is 0 Å². The Kier molecular flexibility index (Phi) is 2.86. The van der Waals surface area contributed by atoms with Crippen LogP contribution in [0.4, 0.5) is 11.6 Å². The zero-order chi connectivity index (χ0) is 13.7. The molecule has 4 rings (SSSR count). The summed E-state index contributed by atoms with van der Waals surface area (Å²) < 4.78 is 0. The van der Waals surface area contributed by atoms with Gasteiger partial charge in [-0.25, -0.2) is 9.97 Å². The minimum atomic E-state index is 0.617. The van der Waals surface area contributed by atoms with Crippen LogP contribution in [-0.2, 0) is 0 Å². The minimum Gasteiger partial charge on any atom is -0.370 e. The van der Waals surface area contributed by atoms with E-state index in [-0.39, 0.29) is 0 Å². The van der Waals surface area contributed by atoms with E-state index in [2.05, 4.69) is 24.1 Å². The summed E-state index contributed by atoms with van der Waals surface area (Å²) in [6, 6.07) is 0.732. The van der Waals surface area contributed by atoms with Crippen molar-refractivity contribution in [3.63, 3.8) is 0 Å². The Balaban J connectivity index is 1.73. The molecule has 0 spiro atoms. The van der Waals surface area contributed by atoms with E-state index < -0.39 is 0 Å². The molecule has 2 atom stereocenters. The molecule has 2 saturated carbocycles. The van der Waals surface area contributed by atoms with E-state index in [9.17, 15) is 0 Å². The molecule has 1 aromatic heterocycles. The molecule has 4 heteroatoms. The first-order valence-electron chi connectivity index (χ1n) is 8.15. The third kappa shape index (κ3) is 1.97. The predicted octanol–water partition coefficient (Wildman–Crippen LogP) is 3.08. The zero-order valence-electron chi connectivity index (χ0n) is 12.5. The normalized spacial score (nSPS) is 28.2. The molecule has 0 aromatic carbocycles. The smallest absolute Gasteiger partial charge is 0.137 e.